The third-order valence-corrected chi connectivity index (χ3v) is 4.14. The fourth-order valence-electron chi connectivity index (χ4n) is 3.68. The zero-order chi connectivity index (χ0) is 13.6. The molecule has 100 valence electrons. The Labute approximate surface area is 112 Å². The molecule has 1 heteroatoms. The summed E-state index contributed by atoms with van der Waals surface area (Å²) in [6, 6.07) is 9.38. The van der Waals surface area contributed by atoms with E-state index < -0.39 is 0 Å². The van der Waals surface area contributed by atoms with Crippen LogP contribution in [0.4, 0.5) is 0 Å². The van der Waals surface area contributed by atoms with Gasteiger partial charge in [0.15, 0.2) is 0 Å². The first-order valence-electron chi connectivity index (χ1n) is 7.09. The van der Waals surface area contributed by atoms with E-state index in [4.69, 9.17) is 0 Å². The monoisotopic (exact) mass is 245 g/mol. The van der Waals surface area contributed by atoms with Gasteiger partial charge in [0, 0.05) is 11.6 Å². The Bertz CT molecular complexity index is 429. The van der Waals surface area contributed by atoms with Gasteiger partial charge in [0.1, 0.15) is 0 Å². The maximum atomic E-state index is 3.83. The van der Waals surface area contributed by atoms with Gasteiger partial charge in [-0.3, -0.25) is 0 Å². The highest BCUT2D eigenvalue weighted by molar-refractivity contribution is 5.35. The van der Waals surface area contributed by atoms with E-state index >= 15 is 0 Å². The van der Waals surface area contributed by atoms with E-state index in [1.54, 1.807) is 0 Å². The van der Waals surface area contributed by atoms with E-state index in [1.807, 2.05) is 0 Å². The van der Waals surface area contributed by atoms with Crippen LogP contribution in [0.3, 0.4) is 0 Å². The van der Waals surface area contributed by atoms with Crippen molar-refractivity contribution < 1.29 is 0 Å². The first-order chi connectivity index (χ1) is 8.23. The van der Waals surface area contributed by atoms with Crippen LogP contribution in [0.25, 0.3) is 0 Å². The van der Waals surface area contributed by atoms with Gasteiger partial charge < -0.3 is 5.32 Å². The van der Waals surface area contributed by atoms with Crippen molar-refractivity contribution in [2.45, 2.75) is 65.5 Å². The summed E-state index contributed by atoms with van der Waals surface area (Å²) in [5, 5.41) is 3.83. The molecule has 1 atom stereocenters. The minimum absolute atomic E-state index is 0.234. The molecule has 1 aliphatic heterocycles. The lowest BCUT2D eigenvalue weighted by Gasteiger charge is -2.29. The van der Waals surface area contributed by atoms with Crippen LogP contribution in [0, 0.1) is 5.41 Å². The Morgan fingerprint density at radius 1 is 1.11 bits per heavy atom. The van der Waals surface area contributed by atoms with Gasteiger partial charge >= 0.3 is 0 Å². The number of benzene rings is 1. The molecule has 1 nitrogen and oxygen atoms in total. The normalized spacial score (nSPS) is 25.6. The van der Waals surface area contributed by atoms with Crippen LogP contribution in [0.5, 0.6) is 0 Å². The summed E-state index contributed by atoms with van der Waals surface area (Å²) < 4.78 is 0. The molecule has 0 radical (unpaired) electrons. The Hall–Kier alpha value is -0.820. The molecule has 0 bridgehead atoms. The molecular weight excluding hydrogens is 218 g/mol. The molecule has 18 heavy (non-hydrogen) atoms. The van der Waals surface area contributed by atoms with Crippen LogP contribution in [-0.4, -0.2) is 5.54 Å². The zero-order valence-electron chi connectivity index (χ0n) is 12.7. The van der Waals surface area contributed by atoms with Gasteiger partial charge in [-0.05, 0) is 42.7 Å². The summed E-state index contributed by atoms with van der Waals surface area (Å²) in [7, 11) is 0. The van der Waals surface area contributed by atoms with E-state index in [0.717, 1.165) is 0 Å². The van der Waals surface area contributed by atoms with Crippen LogP contribution < -0.4 is 5.32 Å². The highest BCUT2D eigenvalue weighted by atomic mass is 15.1. The second-order valence-electron chi connectivity index (χ2n) is 7.41. The molecule has 2 rings (SSSR count). The van der Waals surface area contributed by atoms with Crippen molar-refractivity contribution in [2.75, 3.05) is 0 Å². The van der Waals surface area contributed by atoms with Crippen molar-refractivity contribution >= 4 is 0 Å². The van der Waals surface area contributed by atoms with Crippen molar-refractivity contribution in [1.82, 2.24) is 5.32 Å². The molecular formula is C17H27N. The topological polar surface area (TPSA) is 12.0 Å². The molecule has 0 saturated carbocycles. The summed E-state index contributed by atoms with van der Waals surface area (Å²) in [6.45, 7) is 14.0. The molecule has 1 unspecified atom stereocenters. The van der Waals surface area contributed by atoms with Crippen LogP contribution in [0.2, 0.25) is 0 Å². The fourth-order valence-corrected chi connectivity index (χ4v) is 3.68. The first-order valence-corrected chi connectivity index (χ1v) is 7.09. The number of hydrogen-bond acceptors (Lipinski definition) is 1. The second-order valence-corrected chi connectivity index (χ2v) is 7.41. The lowest BCUT2D eigenvalue weighted by atomic mass is 9.77. The molecule has 0 spiro atoms. The maximum absolute atomic E-state index is 3.83. The van der Waals surface area contributed by atoms with Crippen molar-refractivity contribution in [2.24, 2.45) is 5.41 Å². The van der Waals surface area contributed by atoms with E-state index in [-0.39, 0.29) is 5.54 Å². The summed E-state index contributed by atoms with van der Waals surface area (Å²) >= 11 is 0. The number of rotatable bonds is 2. The predicted octanol–water partition coefficient (Wildman–Crippen LogP) is 4.65. The summed E-state index contributed by atoms with van der Waals surface area (Å²) in [4.78, 5) is 0. The third kappa shape index (κ3) is 2.47. The number of hydrogen-bond donors (Lipinski definition) is 1. The molecule has 1 saturated heterocycles. The van der Waals surface area contributed by atoms with E-state index in [1.165, 1.54) is 17.5 Å². The molecule has 0 amide bonds. The highest BCUT2D eigenvalue weighted by Crippen LogP contribution is 2.48. The van der Waals surface area contributed by atoms with Gasteiger partial charge in [-0.2, -0.15) is 0 Å². The average molecular weight is 245 g/mol. The smallest absolute Gasteiger partial charge is 0.0379 e. The van der Waals surface area contributed by atoms with Gasteiger partial charge in [0.05, 0.1) is 0 Å². The minimum Gasteiger partial charge on any atom is -0.304 e. The van der Waals surface area contributed by atoms with E-state index in [2.05, 4.69) is 71.1 Å². The van der Waals surface area contributed by atoms with Gasteiger partial charge in [-0.1, -0.05) is 52.0 Å². The highest BCUT2D eigenvalue weighted by Gasteiger charge is 2.45. The van der Waals surface area contributed by atoms with Crippen molar-refractivity contribution in [3.05, 3.63) is 35.4 Å². The molecule has 0 aliphatic carbocycles. The third-order valence-electron chi connectivity index (χ3n) is 4.14. The van der Waals surface area contributed by atoms with Crippen molar-refractivity contribution in [3.63, 3.8) is 0 Å². The molecule has 1 aliphatic rings. The van der Waals surface area contributed by atoms with Gasteiger partial charge in [0.25, 0.3) is 0 Å². The predicted molar refractivity (Wildman–Crippen MR) is 78.9 cm³/mol. The second kappa shape index (κ2) is 4.38. The standard InChI is InChI=1S/C17H27N/c1-12(2)13-9-7-8-10-14(13)15-16(3,4)11-17(5,6)18-15/h7-10,12,15,18H,11H2,1-6H3. The van der Waals surface area contributed by atoms with Crippen LogP contribution in [0.15, 0.2) is 24.3 Å². The molecule has 0 aromatic heterocycles. The summed E-state index contributed by atoms with van der Waals surface area (Å²) in [6.07, 6.45) is 1.22. The van der Waals surface area contributed by atoms with Crippen molar-refractivity contribution in [1.29, 1.82) is 0 Å². The summed E-state index contributed by atoms with van der Waals surface area (Å²) in [5.74, 6) is 0.586. The molecule has 1 heterocycles. The van der Waals surface area contributed by atoms with Crippen LogP contribution in [-0.2, 0) is 0 Å². The Kier molecular flexibility index (Phi) is 3.31. The number of nitrogens with one attached hydrogen (secondary N) is 1. The lowest BCUT2D eigenvalue weighted by molar-refractivity contribution is 0.314. The fraction of sp³-hybridized carbons (Fsp3) is 0.647. The SMILES string of the molecule is CC(C)c1ccccc1C1NC(C)(C)CC1(C)C. The zero-order valence-corrected chi connectivity index (χ0v) is 12.7. The van der Waals surface area contributed by atoms with E-state index in [0.29, 0.717) is 17.4 Å². The Morgan fingerprint density at radius 2 is 1.72 bits per heavy atom. The van der Waals surface area contributed by atoms with Gasteiger partial charge in [-0.25, -0.2) is 0 Å². The first kappa shape index (κ1) is 13.6. The maximum Gasteiger partial charge on any atom is 0.0379 e. The van der Waals surface area contributed by atoms with Crippen LogP contribution in [0.1, 0.15) is 71.0 Å². The molecule has 1 aromatic carbocycles. The lowest BCUT2D eigenvalue weighted by Crippen LogP contribution is -2.34. The largest absolute Gasteiger partial charge is 0.304 e. The Morgan fingerprint density at radius 3 is 2.22 bits per heavy atom. The molecule has 1 aromatic rings. The average Bonchev–Trinajstić information content (AvgIpc) is 2.46. The van der Waals surface area contributed by atoms with Crippen LogP contribution >= 0.6 is 0 Å². The Balaban J connectivity index is 2.43. The molecule has 1 fully saturated rings. The van der Waals surface area contributed by atoms with Gasteiger partial charge in [0.2, 0.25) is 0 Å². The minimum atomic E-state index is 0.234. The van der Waals surface area contributed by atoms with Crippen molar-refractivity contribution in [3.8, 4) is 0 Å². The molecule has 1 N–H and O–H groups in total. The van der Waals surface area contributed by atoms with Gasteiger partial charge in [-0.15, -0.1) is 0 Å². The quantitative estimate of drug-likeness (QED) is 0.799. The summed E-state index contributed by atoms with van der Waals surface area (Å²) in [5.41, 5.74) is 3.52. The van der Waals surface area contributed by atoms with E-state index in [9.17, 15) is 0 Å².